The summed E-state index contributed by atoms with van der Waals surface area (Å²) < 4.78 is 0. The number of fused-ring (bicyclic) bond motifs is 2. The van der Waals surface area contributed by atoms with E-state index in [0.717, 1.165) is 0 Å². The fourth-order valence-electron chi connectivity index (χ4n) is 2.44. The Hall–Kier alpha value is -1.88. The van der Waals surface area contributed by atoms with Crippen LogP contribution >= 0.6 is 0 Å². The molecular weight excluding hydrogens is 220 g/mol. The molecule has 17 heavy (non-hydrogen) atoms. The Morgan fingerprint density at radius 3 is 2.88 bits per heavy atom. The molecule has 1 saturated heterocycles. The highest BCUT2D eigenvalue weighted by Crippen LogP contribution is 2.28. The quantitative estimate of drug-likeness (QED) is 0.672. The number of carbonyl (C=O) groups excluding carboxylic acids is 2. The van der Waals surface area contributed by atoms with Crippen molar-refractivity contribution in [3.05, 3.63) is 29.8 Å². The summed E-state index contributed by atoms with van der Waals surface area (Å²) in [5.74, 6) is -0.416. The topological polar surface area (TPSA) is 69.6 Å². The molecule has 0 aliphatic carbocycles. The molecule has 0 saturated carbocycles. The second kappa shape index (κ2) is 3.56. The predicted molar refractivity (Wildman–Crippen MR) is 60.5 cm³/mol. The summed E-state index contributed by atoms with van der Waals surface area (Å²) in [6, 6.07) is 6.38. The van der Waals surface area contributed by atoms with E-state index in [9.17, 15) is 14.7 Å². The summed E-state index contributed by atoms with van der Waals surface area (Å²) in [5, 5.41) is 12.3. The molecule has 2 N–H and O–H groups in total. The average Bonchev–Trinajstić information content (AvgIpc) is 2.67. The van der Waals surface area contributed by atoms with Crippen LogP contribution in [0.3, 0.4) is 0 Å². The summed E-state index contributed by atoms with van der Waals surface area (Å²) in [5.41, 5.74) is 1.03. The summed E-state index contributed by atoms with van der Waals surface area (Å²) in [6.45, 7) is 0.227. The third-order valence-corrected chi connectivity index (χ3v) is 3.26. The lowest BCUT2D eigenvalue weighted by Gasteiger charge is -2.19. The van der Waals surface area contributed by atoms with Gasteiger partial charge in [-0.1, -0.05) is 12.1 Å². The summed E-state index contributed by atoms with van der Waals surface area (Å²) in [6.07, 6.45) is -0.300. The maximum Gasteiger partial charge on any atom is 0.256 e. The Kier molecular flexibility index (Phi) is 2.16. The molecule has 2 aliphatic rings. The average molecular weight is 232 g/mol. The van der Waals surface area contributed by atoms with E-state index in [1.807, 2.05) is 0 Å². The number of amides is 2. The van der Waals surface area contributed by atoms with E-state index in [0.29, 0.717) is 17.7 Å². The minimum absolute atomic E-state index is 0.194. The number of hydrogen-bond acceptors (Lipinski definition) is 3. The van der Waals surface area contributed by atoms with Gasteiger partial charge in [-0.2, -0.15) is 0 Å². The predicted octanol–water partition coefficient (Wildman–Crippen LogP) is 0.214. The molecule has 2 atom stereocenters. The van der Waals surface area contributed by atoms with Crippen LogP contribution in [0.1, 0.15) is 16.8 Å². The molecule has 1 aromatic rings. The molecule has 2 aliphatic heterocycles. The van der Waals surface area contributed by atoms with E-state index in [-0.39, 0.29) is 18.4 Å². The number of nitrogens with one attached hydrogen (secondary N) is 1. The molecular formula is C12H12N2O3. The van der Waals surface area contributed by atoms with Crippen molar-refractivity contribution in [3.8, 4) is 0 Å². The van der Waals surface area contributed by atoms with Crippen molar-refractivity contribution in [1.82, 2.24) is 4.90 Å². The van der Waals surface area contributed by atoms with Gasteiger partial charge < -0.3 is 15.3 Å². The zero-order valence-corrected chi connectivity index (χ0v) is 9.09. The normalized spacial score (nSPS) is 27.2. The summed E-state index contributed by atoms with van der Waals surface area (Å²) in [7, 11) is 0. The number of benzene rings is 1. The number of carbonyl (C=O) groups is 2. The smallest absolute Gasteiger partial charge is 0.256 e. The van der Waals surface area contributed by atoms with Gasteiger partial charge in [0, 0.05) is 13.0 Å². The zero-order valence-electron chi connectivity index (χ0n) is 9.09. The van der Waals surface area contributed by atoms with Crippen molar-refractivity contribution in [3.63, 3.8) is 0 Å². The van der Waals surface area contributed by atoms with Crippen LogP contribution < -0.4 is 5.32 Å². The molecule has 5 heteroatoms. The van der Waals surface area contributed by atoms with Crippen LogP contribution in [0.15, 0.2) is 24.3 Å². The SMILES string of the molecule is O=C1Nc2ccccc2C(=O)N2C[C@@H](O)C[C@@H]12. The maximum absolute atomic E-state index is 12.2. The fourth-order valence-corrected chi connectivity index (χ4v) is 2.44. The number of para-hydroxylation sites is 1. The van der Waals surface area contributed by atoms with Crippen molar-refractivity contribution in [1.29, 1.82) is 0 Å². The third kappa shape index (κ3) is 1.51. The standard InChI is InChI=1S/C12H12N2O3/c15-7-5-10-11(16)13-9-4-2-1-3-8(9)12(17)14(10)6-7/h1-4,7,10,15H,5-6H2,(H,13,16)/t7-,10-/m0/s1. The Morgan fingerprint density at radius 2 is 2.06 bits per heavy atom. The first-order valence-electron chi connectivity index (χ1n) is 5.56. The molecule has 0 spiro atoms. The van der Waals surface area contributed by atoms with E-state index in [1.54, 1.807) is 24.3 Å². The lowest BCUT2D eigenvalue weighted by molar-refractivity contribution is -0.119. The molecule has 88 valence electrons. The number of nitrogens with zero attached hydrogens (tertiary/aromatic N) is 1. The molecule has 1 aromatic carbocycles. The third-order valence-electron chi connectivity index (χ3n) is 3.26. The van der Waals surface area contributed by atoms with E-state index >= 15 is 0 Å². The highest BCUT2D eigenvalue weighted by Gasteiger charge is 2.41. The van der Waals surface area contributed by atoms with Crippen molar-refractivity contribution in [2.75, 3.05) is 11.9 Å². The minimum Gasteiger partial charge on any atom is -0.391 e. The van der Waals surface area contributed by atoms with Crippen molar-refractivity contribution >= 4 is 17.5 Å². The van der Waals surface area contributed by atoms with Crippen LogP contribution in [0.4, 0.5) is 5.69 Å². The molecule has 1 fully saturated rings. The van der Waals surface area contributed by atoms with Gasteiger partial charge in [0.15, 0.2) is 0 Å². The van der Waals surface area contributed by atoms with Gasteiger partial charge in [0.25, 0.3) is 5.91 Å². The zero-order chi connectivity index (χ0) is 12.0. The van der Waals surface area contributed by atoms with Crippen LogP contribution in [0.25, 0.3) is 0 Å². The largest absolute Gasteiger partial charge is 0.391 e. The first kappa shape index (κ1) is 10.3. The van der Waals surface area contributed by atoms with E-state index in [4.69, 9.17) is 0 Å². The van der Waals surface area contributed by atoms with Gasteiger partial charge in [-0.15, -0.1) is 0 Å². The van der Waals surface area contributed by atoms with Gasteiger partial charge in [0.1, 0.15) is 6.04 Å². The molecule has 0 unspecified atom stereocenters. The van der Waals surface area contributed by atoms with Crippen LogP contribution in [0.5, 0.6) is 0 Å². The molecule has 0 bridgehead atoms. The van der Waals surface area contributed by atoms with E-state index in [1.165, 1.54) is 4.90 Å². The van der Waals surface area contributed by atoms with Crippen molar-refractivity contribution < 1.29 is 14.7 Å². The Morgan fingerprint density at radius 1 is 1.29 bits per heavy atom. The van der Waals surface area contributed by atoms with Gasteiger partial charge in [0.2, 0.25) is 5.91 Å². The second-order valence-corrected chi connectivity index (χ2v) is 4.40. The molecule has 2 heterocycles. The second-order valence-electron chi connectivity index (χ2n) is 4.40. The number of hydrogen-bond donors (Lipinski definition) is 2. The summed E-state index contributed by atoms with van der Waals surface area (Å²) >= 11 is 0. The molecule has 3 rings (SSSR count). The monoisotopic (exact) mass is 232 g/mol. The van der Waals surface area contributed by atoms with Gasteiger partial charge in [-0.25, -0.2) is 0 Å². The molecule has 0 radical (unpaired) electrons. The molecule has 0 aromatic heterocycles. The Bertz CT molecular complexity index is 500. The Labute approximate surface area is 98.0 Å². The van der Waals surface area contributed by atoms with Crippen LogP contribution in [-0.2, 0) is 4.79 Å². The molecule has 2 amide bonds. The first-order valence-corrected chi connectivity index (χ1v) is 5.56. The van der Waals surface area contributed by atoms with Crippen LogP contribution in [-0.4, -0.2) is 40.5 Å². The van der Waals surface area contributed by atoms with Crippen LogP contribution in [0.2, 0.25) is 0 Å². The minimum atomic E-state index is -0.611. The lowest BCUT2D eigenvalue weighted by atomic mass is 10.1. The van der Waals surface area contributed by atoms with Gasteiger partial charge in [-0.3, -0.25) is 9.59 Å². The highest BCUT2D eigenvalue weighted by atomic mass is 16.3. The molecule has 5 nitrogen and oxygen atoms in total. The van der Waals surface area contributed by atoms with Gasteiger partial charge in [0.05, 0.1) is 17.4 Å². The number of aliphatic hydroxyl groups is 1. The highest BCUT2D eigenvalue weighted by molar-refractivity contribution is 6.10. The van der Waals surface area contributed by atoms with Crippen molar-refractivity contribution in [2.24, 2.45) is 0 Å². The van der Waals surface area contributed by atoms with Gasteiger partial charge >= 0.3 is 0 Å². The lowest BCUT2D eigenvalue weighted by Crippen LogP contribution is -2.40. The van der Waals surface area contributed by atoms with Crippen LogP contribution in [0, 0.1) is 0 Å². The van der Waals surface area contributed by atoms with E-state index < -0.39 is 12.1 Å². The van der Waals surface area contributed by atoms with Crippen molar-refractivity contribution in [2.45, 2.75) is 18.6 Å². The maximum atomic E-state index is 12.2. The number of rotatable bonds is 0. The number of aliphatic hydroxyl groups excluding tert-OH is 1. The summed E-state index contributed by atoms with van der Waals surface area (Å²) in [4.78, 5) is 25.6. The Balaban J connectivity index is 2.08. The van der Waals surface area contributed by atoms with E-state index in [2.05, 4.69) is 5.32 Å². The van der Waals surface area contributed by atoms with Gasteiger partial charge in [-0.05, 0) is 12.1 Å². The first-order chi connectivity index (χ1) is 8.16. The fraction of sp³-hybridized carbons (Fsp3) is 0.333. The number of anilines is 1.